The normalized spacial score (nSPS) is 11.6. The molecular formula is C25H31N3O2. The van der Waals surface area contributed by atoms with Crippen LogP contribution in [0.2, 0.25) is 0 Å². The van der Waals surface area contributed by atoms with E-state index in [0.29, 0.717) is 24.0 Å². The van der Waals surface area contributed by atoms with Crippen molar-refractivity contribution in [1.29, 1.82) is 0 Å². The van der Waals surface area contributed by atoms with E-state index in [1.54, 1.807) is 6.07 Å². The van der Waals surface area contributed by atoms with Gasteiger partial charge in [-0.1, -0.05) is 45.0 Å². The first-order valence-electron chi connectivity index (χ1n) is 10.5. The van der Waals surface area contributed by atoms with E-state index < -0.39 is 0 Å². The first-order valence-corrected chi connectivity index (χ1v) is 10.5. The Balaban J connectivity index is 1.56. The van der Waals surface area contributed by atoms with Gasteiger partial charge in [0.15, 0.2) is 0 Å². The summed E-state index contributed by atoms with van der Waals surface area (Å²) >= 11 is 0. The number of carbonyl (C=O) groups excluding carboxylic acids is 1. The van der Waals surface area contributed by atoms with E-state index in [-0.39, 0.29) is 23.3 Å². The molecule has 2 aromatic carbocycles. The minimum Gasteiger partial charge on any atom is -0.356 e. The van der Waals surface area contributed by atoms with Gasteiger partial charge in [0.05, 0.1) is 17.2 Å². The number of nitrogens with one attached hydrogen (secondary N) is 1. The molecule has 0 aliphatic heterocycles. The zero-order valence-electron chi connectivity index (χ0n) is 18.6. The molecule has 0 aliphatic rings. The fourth-order valence-corrected chi connectivity index (χ4v) is 3.72. The largest absolute Gasteiger partial charge is 0.356 e. The Hall–Kier alpha value is -2.95. The topological polar surface area (TPSA) is 64.0 Å². The van der Waals surface area contributed by atoms with Crippen LogP contribution in [0.4, 0.5) is 0 Å². The van der Waals surface area contributed by atoms with Crippen molar-refractivity contribution in [2.75, 3.05) is 6.54 Å². The SMILES string of the molecule is Cc1cc(C(C)(C)C)cc(C)c1CCNC(=O)CCn1cnc2ccccc2c1=O. The Kier molecular flexibility index (Phi) is 6.40. The van der Waals surface area contributed by atoms with Gasteiger partial charge in [0.1, 0.15) is 0 Å². The molecular weight excluding hydrogens is 374 g/mol. The number of carbonyl (C=O) groups is 1. The summed E-state index contributed by atoms with van der Waals surface area (Å²) in [5, 5.41) is 3.56. The van der Waals surface area contributed by atoms with Crippen LogP contribution in [-0.2, 0) is 23.2 Å². The summed E-state index contributed by atoms with van der Waals surface area (Å²) in [6, 6.07) is 11.8. The molecule has 0 atom stereocenters. The second kappa shape index (κ2) is 8.82. The van der Waals surface area contributed by atoms with E-state index in [1.165, 1.54) is 33.1 Å². The second-order valence-electron chi connectivity index (χ2n) is 8.95. The predicted molar refractivity (Wildman–Crippen MR) is 122 cm³/mol. The van der Waals surface area contributed by atoms with Gasteiger partial charge in [0, 0.05) is 19.5 Å². The van der Waals surface area contributed by atoms with Crippen LogP contribution in [0.5, 0.6) is 0 Å². The maximum atomic E-state index is 12.5. The molecule has 0 radical (unpaired) electrons. The monoisotopic (exact) mass is 405 g/mol. The molecule has 5 heteroatoms. The summed E-state index contributed by atoms with van der Waals surface area (Å²) in [7, 11) is 0. The Labute approximate surface area is 178 Å². The number of para-hydroxylation sites is 1. The molecule has 0 saturated heterocycles. The van der Waals surface area contributed by atoms with Crippen molar-refractivity contribution < 1.29 is 4.79 Å². The fourth-order valence-electron chi connectivity index (χ4n) is 3.72. The molecule has 5 nitrogen and oxygen atoms in total. The quantitative estimate of drug-likeness (QED) is 0.673. The number of benzene rings is 2. The van der Waals surface area contributed by atoms with Gasteiger partial charge in [0.25, 0.3) is 5.56 Å². The molecule has 3 aromatic rings. The molecule has 0 unspecified atom stereocenters. The lowest BCUT2D eigenvalue weighted by molar-refractivity contribution is -0.121. The van der Waals surface area contributed by atoms with E-state index in [2.05, 4.69) is 57.1 Å². The lowest BCUT2D eigenvalue weighted by Crippen LogP contribution is -2.29. The highest BCUT2D eigenvalue weighted by Gasteiger charge is 2.16. The summed E-state index contributed by atoms with van der Waals surface area (Å²) in [5.41, 5.74) is 5.84. The van der Waals surface area contributed by atoms with Gasteiger partial charge < -0.3 is 5.32 Å². The van der Waals surface area contributed by atoms with Gasteiger partial charge in [-0.25, -0.2) is 4.98 Å². The average Bonchev–Trinajstić information content (AvgIpc) is 2.69. The first kappa shape index (κ1) is 21.8. The standard InChI is InChI=1S/C25H31N3O2/c1-17-14-19(25(3,4)5)15-18(2)20(17)10-12-26-23(29)11-13-28-16-27-22-9-7-6-8-21(22)24(28)30/h6-9,14-16H,10-13H2,1-5H3,(H,26,29). The number of amides is 1. The first-order chi connectivity index (χ1) is 14.2. The van der Waals surface area contributed by atoms with Crippen LogP contribution in [0.25, 0.3) is 10.9 Å². The zero-order chi connectivity index (χ0) is 21.9. The summed E-state index contributed by atoms with van der Waals surface area (Å²) in [4.78, 5) is 29.1. The van der Waals surface area contributed by atoms with Gasteiger partial charge in [-0.3, -0.25) is 14.2 Å². The maximum Gasteiger partial charge on any atom is 0.261 e. The van der Waals surface area contributed by atoms with Gasteiger partial charge >= 0.3 is 0 Å². The summed E-state index contributed by atoms with van der Waals surface area (Å²) < 4.78 is 1.50. The number of aromatic nitrogens is 2. The molecule has 1 N–H and O–H groups in total. The van der Waals surface area contributed by atoms with Crippen molar-refractivity contribution in [3.8, 4) is 0 Å². The number of aryl methyl sites for hydroxylation is 3. The lowest BCUT2D eigenvalue weighted by atomic mass is 9.83. The van der Waals surface area contributed by atoms with Crippen molar-refractivity contribution in [3.05, 3.63) is 75.3 Å². The molecule has 0 bridgehead atoms. The van der Waals surface area contributed by atoms with Crippen LogP contribution in [0, 0.1) is 13.8 Å². The van der Waals surface area contributed by atoms with Crippen molar-refractivity contribution in [1.82, 2.24) is 14.9 Å². The van der Waals surface area contributed by atoms with Crippen LogP contribution < -0.4 is 10.9 Å². The number of rotatable bonds is 6. The highest BCUT2D eigenvalue weighted by molar-refractivity contribution is 5.77. The molecule has 0 spiro atoms. The van der Waals surface area contributed by atoms with Gasteiger partial charge in [0.2, 0.25) is 5.91 Å². The number of fused-ring (bicyclic) bond motifs is 1. The van der Waals surface area contributed by atoms with Crippen LogP contribution in [0.1, 0.15) is 49.4 Å². The minimum absolute atomic E-state index is 0.0586. The van der Waals surface area contributed by atoms with E-state index in [9.17, 15) is 9.59 Å². The smallest absolute Gasteiger partial charge is 0.261 e. The summed E-state index contributed by atoms with van der Waals surface area (Å²) in [6.45, 7) is 11.8. The van der Waals surface area contributed by atoms with Gasteiger partial charge in [-0.2, -0.15) is 0 Å². The summed E-state index contributed by atoms with van der Waals surface area (Å²) in [6.07, 6.45) is 2.56. The number of hydrogen-bond acceptors (Lipinski definition) is 3. The molecule has 158 valence electrons. The third-order valence-electron chi connectivity index (χ3n) is 5.57. The highest BCUT2D eigenvalue weighted by atomic mass is 16.1. The minimum atomic E-state index is -0.112. The highest BCUT2D eigenvalue weighted by Crippen LogP contribution is 2.27. The summed E-state index contributed by atoms with van der Waals surface area (Å²) in [5.74, 6) is -0.0586. The third-order valence-corrected chi connectivity index (χ3v) is 5.57. The van der Waals surface area contributed by atoms with Crippen molar-refractivity contribution in [3.63, 3.8) is 0 Å². The molecule has 1 aromatic heterocycles. The lowest BCUT2D eigenvalue weighted by Gasteiger charge is -2.22. The molecule has 1 heterocycles. The molecule has 1 amide bonds. The molecule has 30 heavy (non-hydrogen) atoms. The van der Waals surface area contributed by atoms with Crippen LogP contribution in [0.15, 0.2) is 47.5 Å². The van der Waals surface area contributed by atoms with E-state index in [1.807, 2.05) is 18.2 Å². The van der Waals surface area contributed by atoms with Crippen LogP contribution in [0.3, 0.4) is 0 Å². The average molecular weight is 406 g/mol. The molecule has 0 saturated carbocycles. The number of nitrogens with zero attached hydrogens (tertiary/aromatic N) is 2. The Morgan fingerprint density at radius 2 is 1.77 bits per heavy atom. The molecule has 3 rings (SSSR count). The van der Waals surface area contributed by atoms with E-state index in [4.69, 9.17) is 0 Å². The van der Waals surface area contributed by atoms with Crippen molar-refractivity contribution in [2.45, 2.75) is 59.4 Å². The van der Waals surface area contributed by atoms with Crippen molar-refractivity contribution in [2.24, 2.45) is 0 Å². The second-order valence-corrected chi connectivity index (χ2v) is 8.95. The predicted octanol–water partition coefficient (Wildman–Crippen LogP) is 4.06. The van der Waals surface area contributed by atoms with Crippen molar-refractivity contribution >= 4 is 16.8 Å². The Morgan fingerprint density at radius 1 is 1.10 bits per heavy atom. The van der Waals surface area contributed by atoms with Gasteiger partial charge in [-0.05, 0) is 60.1 Å². The van der Waals surface area contributed by atoms with Crippen LogP contribution in [-0.4, -0.2) is 22.0 Å². The zero-order valence-corrected chi connectivity index (χ0v) is 18.6. The molecule has 0 aliphatic carbocycles. The van der Waals surface area contributed by atoms with E-state index >= 15 is 0 Å². The molecule has 0 fully saturated rings. The maximum absolute atomic E-state index is 12.5. The fraction of sp³-hybridized carbons (Fsp3) is 0.400. The Morgan fingerprint density at radius 3 is 2.43 bits per heavy atom. The van der Waals surface area contributed by atoms with E-state index in [0.717, 1.165) is 6.42 Å². The van der Waals surface area contributed by atoms with Gasteiger partial charge in [-0.15, -0.1) is 0 Å². The third kappa shape index (κ3) is 4.96. The number of hydrogen-bond donors (Lipinski definition) is 1. The van der Waals surface area contributed by atoms with Crippen LogP contribution >= 0.6 is 0 Å². The Bertz CT molecular complexity index is 1100.